The quantitative estimate of drug-likeness (QED) is 0.357. The minimum Gasteiger partial charge on any atom is -0.298 e. The molecule has 0 amide bonds. The van der Waals surface area contributed by atoms with Crippen molar-refractivity contribution in [1.29, 1.82) is 0 Å². The molecule has 0 radical (unpaired) electrons. The van der Waals surface area contributed by atoms with Gasteiger partial charge in [0.25, 0.3) is 0 Å². The van der Waals surface area contributed by atoms with E-state index in [4.69, 9.17) is 0 Å². The number of rotatable bonds is 2. The van der Waals surface area contributed by atoms with Crippen LogP contribution in [0.15, 0.2) is 85.3 Å². The molecular weight excluding hydrogens is 394 g/mol. The fourth-order valence-corrected chi connectivity index (χ4v) is 5.14. The number of benzene rings is 2. The zero-order chi connectivity index (χ0) is 21.1. The Morgan fingerprint density at radius 2 is 1.44 bits per heavy atom. The molecule has 1 aliphatic carbocycles. The maximum atomic E-state index is 4.69. The standard InChI is InChI=1S/C27H19N5/c1-3-10-20-18(8-1)25-22(31(20)24-12-5-6-15-28-24)13-14-23-26(25)19-9-2-4-11-21(19)32(23)27-29-16-7-17-30-27/h1-2,4-9,11-17H,3,10H2. The van der Waals surface area contributed by atoms with E-state index in [1.54, 1.807) is 12.4 Å². The zero-order valence-corrected chi connectivity index (χ0v) is 17.3. The smallest absolute Gasteiger partial charge is 0.234 e. The third kappa shape index (κ3) is 2.30. The molecule has 0 N–H and O–H groups in total. The average molecular weight is 413 g/mol. The number of fused-ring (bicyclic) bond motifs is 7. The van der Waals surface area contributed by atoms with Crippen LogP contribution < -0.4 is 0 Å². The van der Waals surface area contributed by atoms with E-state index in [-0.39, 0.29) is 0 Å². The molecule has 5 heteroatoms. The molecule has 0 bridgehead atoms. The molecule has 5 nitrogen and oxygen atoms in total. The molecule has 0 unspecified atom stereocenters. The molecule has 0 saturated heterocycles. The summed E-state index contributed by atoms with van der Waals surface area (Å²) >= 11 is 0. The van der Waals surface area contributed by atoms with Crippen molar-refractivity contribution in [3.05, 3.63) is 96.6 Å². The summed E-state index contributed by atoms with van der Waals surface area (Å²) in [5.41, 5.74) is 6.02. The van der Waals surface area contributed by atoms with Crippen LogP contribution in [0, 0.1) is 0 Å². The Hall–Kier alpha value is -4.25. The molecule has 4 heterocycles. The van der Waals surface area contributed by atoms with Crippen molar-refractivity contribution in [3.63, 3.8) is 0 Å². The van der Waals surface area contributed by atoms with Gasteiger partial charge in [-0.25, -0.2) is 15.0 Å². The van der Waals surface area contributed by atoms with E-state index in [1.165, 1.54) is 32.9 Å². The third-order valence-corrected chi connectivity index (χ3v) is 6.37. The fourth-order valence-electron chi connectivity index (χ4n) is 5.14. The van der Waals surface area contributed by atoms with Gasteiger partial charge in [0, 0.05) is 46.0 Å². The normalized spacial score (nSPS) is 13.2. The lowest BCUT2D eigenvalue weighted by Gasteiger charge is -2.12. The van der Waals surface area contributed by atoms with Crippen LogP contribution in [0.5, 0.6) is 0 Å². The lowest BCUT2D eigenvalue weighted by atomic mass is 9.99. The second-order valence-electron chi connectivity index (χ2n) is 8.08. The Labute approximate surface area is 184 Å². The van der Waals surface area contributed by atoms with Crippen molar-refractivity contribution in [2.24, 2.45) is 0 Å². The van der Waals surface area contributed by atoms with Crippen molar-refractivity contribution in [3.8, 4) is 11.8 Å². The minimum atomic E-state index is 0.687. The lowest BCUT2D eigenvalue weighted by molar-refractivity contribution is 0.871. The lowest BCUT2D eigenvalue weighted by Crippen LogP contribution is -2.04. The predicted molar refractivity (Wildman–Crippen MR) is 128 cm³/mol. The number of para-hydroxylation sites is 1. The van der Waals surface area contributed by atoms with Crippen LogP contribution in [0.2, 0.25) is 0 Å². The van der Waals surface area contributed by atoms with Crippen molar-refractivity contribution in [2.45, 2.75) is 12.8 Å². The van der Waals surface area contributed by atoms with Crippen molar-refractivity contribution in [2.75, 3.05) is 0 Å². The van der Waals surface area contributed by atoms with Gasteiger partial charge in [0.1, 0.15) is 5.82 Å². The molecule has 0 saturated carbocycles. The van der Waals surface area contributed by atoms with Crippen LogP contribution in [0.25, 0.3) is 50.6 Å². The third-order valence-electron chi connectivity index (χ3n) is 6.37. The summed E-state index contributed by atoms with van der Waals surface area (Å²) in [6, 6.07) is 20.9. The Balaban J connectivity index is 1.71. The largest absolute Gasteiger partial charge is 0.298 e. The molecular formula is C27H19N5. The van der Waals surface area contributed by atoms with Gasteiger partial charge in [-0.1, -0.05) is 36.4 Å². The number of nitrogens with zero attached hydrogens (tertiary/aromatic N) is 5. The van der Waals surface area contributed by atoms with Gasteiger partial charge in [0.15, 0.2) is 0 Å². The highest BCUT2D eigenvalue weighted by Crippen LogP contribution is 2.42. The Kier molecular flexibility index (Phi) is 3.61. The molecule has 4 aromatic heterocycles. The first-order valence-electron chi connectivity index (χ1n) is 10.9. The van der Waals surface area contributed by atoms with Crippen LogP contribution in [0.1, 0.15) is 17.7 Å². The highest BCUT2D eigenvalue weighted by Gasteiger charge is 2.24. The monoisotopic (exact) mass is 413 g/mol. The second kappa shape index (κ2) is 6.62. The summed E-state index contributed by atoms with van der Waals surface area (Å²) in [6.45, 7) is 0. The number of hydrogen-bond acceptors (Lipinski definition) is 3. The van der Waals surface area contributed by atoms with Crippen molar-refractivity contribution in [1.82, 2.24) is 24.1 Å². The number of allylic oxidation sites excluding steroid dienone is 1. The first-order valence-corrected chi connectivity index (χ1v) is 10.9. The van der Waals surface area contributed by atoms with E-state index in [1.807, 2.05) is 18.3 Å². The summed E-state index contributed by atoms with van der Waals surface area (Å²) in [4.78, 5) is 13.8. The molecule has 0 fully saturated rings. The Bertz CT molecular complexity index is 1660. The van der Waals surface area contributed by atoms with Crippen molar-refractivity contribution < 1.29 is 0 Å². The molecule has 0 aliphatic heterocycles. The van der Waals surface area contributed by atoms with E-state index in [9.17, 15) is 0 Å². The van der Waals surface area contributed by atoms with Gasteiger partial charge in [-0.2, -0.15) is 0 Å². The number of hydrogen-bond donors (Lipinski definition) is 0. The predicted octanol–water partition coefficient (Wildman–Crippen LogP) is 5.87. The zero-order valence-electron chi connectivity index (χ0n) is 17.3. The SMILES string of the molecule is C1=Cc2c(n(-c3ccccn3)c3ccc4c(c5ccccc5n4-c4ncccn4)c23)CC1. The first kappa shape index (κ1) is 17.4. The second-order valence-corrected chi connectivity index (χ2v) is 8.08. The molecule has 2 aromatic carbocycles. The molecule has 1 aliphatic rings. The van der Waals surface area contributed by atoms with Gasteiger partial charge >= 0.3 is 0 Å². The molecule has 6 aromatic rings. The van der Waals surface area contributed by atoms with E-state index in [0.29, 0.717) is 5.95 Å². The molecule has 152 valence electrons. The van der Waals surface area contributed by atoms with Crippen LogP contribution in [0.4, 0.5) is 0 Å². The van der Waals surface area contributed by atoms with Gasteiger partial charge in [0.2, 0.25) is 5.95 Å². The van der Waals surface area contributed by atoms with Crippen LogP contribution in [0.3, 0.4) is 0 Å². The Morgan fingerprint density at radius 1 is 0.656 bits per heavy atom. The van der Waals surface area contributed by atoms with Crippen LogP contribution in [-0.4, -0.2) is 24.1 Å². The van der Waals surface area contributed by atoms with Gasteiger partial charge in [-0.05, 0) is 49.2 Å². The van der Waals surface area contributed by atoms with Gasteiger partial charge in [-0.3, -0.25) is 9.13 Å². The van der Waals surface area contributed by atoms with Crippen LogP contribution >= 0.6 is 0 Å². The van der Waals surface area contributed by atoms with E-state index in [0.717, 1.165) is 29.7 Å². The maximum absolute atomic E-state index is 4.69. The Morgan fingerprint density at radius 3 is 2.28 bits per heavy atom. The molecule has 0 spiro atoms. The summed E-state index contributed by atoms with van der Waals surface area (Å²) in [7, 11) is 0. The maximum Gasteiger partial charge on any atom is 0.234 e. The fraction of sp³-hybridized carbons (Fsp3) is 0.0741. The molecule has 32 heavy (non-hydrogen) atoms. The van der Waals surface area contributed by atoms with Crippen LogP contribution in [-0.2, 0) is 6.42 Å². The van der Waals surface area contributed by atoms with Crippen molar-refractivity contribution >= 4 is 38.8 Å². The van der Waals surface area contributed by atoms with Gasteiger partial charge < -0.3 is 0 Å². The van der Waals surface area contributed by atoms with E-state index < -0.39 is 0 Å². The van der Waals surface area contributed by atoms with E-state index in [2.05, 4.69) is 84.8 Å². The average Bonchev–Trinajstić information content (AvgIpc) is 3.38. The highest BCUT2D eigenvalue weighted by molar-refractivity contribution is 6.23. The van der Waals surface area contributed by atoms with Gasteiger partial charge in [-0.15, -0.1) is 0 Å². The summed E-state index contributed by atoms with van der Waals surface area (Å²) < 4.78 is 4.50. The van der Waals surface area contributed by atoms with Gasteiger partial charge in [0.05, 0.1) is 16.6 Å². The summed E-state index contributed by atoms with van der Waals surface area (Å²) in [5, 5.41) is 3.72. The number of pyridine rings is 1. The first-order chi connectivity index (χ1) is 15.9. The number of aromatic nitrogens is 5. The van der Waals surface area contributed by atoms with E-state index >= 15 is 0 Å². The summed E-state index contributed by atoms with van der Waals surface area (Å²) in [6.07, 6.45) is 12.1. The summed E-state index contributed by atoms with van der Waals surface area (Å²) in [5.74, 6) is 1.65. The topological polar surface area (TPSA) is 48.5 Å². The minimum absolute atomic E-state index is 0.687. The molecule has 0 atom stereocenters. The molecule has 7 rings (SSSR count). The highest BCUT2D eigenvalue weighted by atomic mass is 15.1.